The van der Waals surface area contributed by atoms with Gasteiger partial charge in [0.1, 0.15) is 11.8 Å². The summed E-state index contributed by atoms with van der Waals surface area (Å²) in [6.07, 6.45) is 2.32. The maximum atomic E-state index is 6.32. The first-order chi connectivity index (χ1) is 16.7. The molecule has 1 aliphatic heterocycles. The van der Waals surface area contributed by atoms with Crippen molar-refractivity contribution in [3.05, 3.63) is 113 Å². The van der Waals surface area contributed by atoms with Crippen LogP contribution in [0.4, 0.5) is 5.95 Å². The molecule has 0 saturated heterocycles. The van der Waals surface area contributed by atoms with E-state index in [9.17, 15) is 0 Å². The van der Waals surface area contributed by atoms with E-state index in [4.69, 9.17) is 42.7 Å². The van der Waals surface area contributed by atoms with Crippen LogP contribution in [-0.2, 0) is 0 Å². The minimum Gasteiger partial charge on any atom is -0.467 e. The van der Waals surface area contributed by atoms with Crippen molar-refractivity contribution in [2.75, 3.05) is 5.01 Å². The summed E-state index contributed by atoms with van der Waals surface area (Å²) in [5.41, 5.74) is 4.49. The number of fused-ring (bicyclic) bond motifs is 1. The molecule has 0 fully saturated rings. The lowest BCUT2D eigenvalue weighted by Gasteiger charge is -2.21. The predicted octanol–water partition coefficient (Wildman–Crippen LogP) is 7.55. The molecule has 0 unspecified atom stereocenters. The van der Waals surface area contributed by atoms with Gasteiger partial charge in [0.05, 0.1) is 23.2 Å². The van der Waals surface area contributed by atoms with E-state index in [0.717, 1.165) is 39.2 Å². The Bertz CT molecular complexity index is 1500. The standard InChI is InChI=1S/C27H18Cl2N4O/c28-19-10-8-17(9-11-19)23-16-24(25-7-4-14-34-25)33(32-23)27-30-22-13-12-20(29)15-21(22)26(31-27)18-5-2-1-3-6-18/h1-15,24H,16H2/t24-/m1/s1. The first-order valence-corrected chi connectivity index (χ1v) is 11.6. The summed E-state index contributed by atoms with van der Waals surface area (Å²) in [5, 5.41) is 9.01. The first-order valence-electron chi connectivity index (χ1n) is 10.8. The molecular weight excluding hydrogens is 467 g/mol. The van der Waals surface area contributed by atoms with Crippen molar-refractivity contribution in [1.29, 1.82) is 0 Å². The van der Waals surface area contributed by atoms with Crippen molar-refractivity contribution in [2.45, 2.75) is 12.5 Å². The average Bonchev–Trinajstić information content (AvgIpc) is 3.55. The molecule has 166 valence electrons. The number of anilines is 1. The van der Waals surface area contributed by atoms with Crippen LogP contribution in [0.25, 0.3) is 22.2 Å². The van der Waals surface area contributed by atoms with Crippen LogP contribution in [0.15, 0.2) is 101 Å². The van der Waals surface area contributed by atoms with Gasteiger partial charge >= 0.3 is 0 Å². The zero-order chi connectivity index (χ0) is 23.1. The maximum absolute atomic E-state index is 6.32. The number of furan rings is 1. The second kappa shape index (κ2) is 8.60. The Kier molecular flexibility index (Phi) is 5.28. The molecule has 7 heteroatoms. The summed E-state index contributed by atoms with van der Waals surface area (Å²) in [5.74, 6) is 1.30. The molecule has 5 aromatic rings. The van der Waals surface area contributed by atoms with Crippen LogP contribution in [0.5, 0.6) is 0 Å². The number of aromatic nitrogens is 2. The topological polar surface area (TPSA) is 54.5 Å². The highest BCUT2D eigenvalue weighted by molar-refractivity contribution is 6.31. The fourth-order valence-corrected chi connectivity index (χ4v) is 4.52. The molecule has 0 radical (unpaired) electrons. The molecule has 0 N–H and O–H groups in total. The summed E-state index contributed by atoms with van der Waals surface area (Å²) >= 11 is 12.4. The normalized spacial score (nSPS) is 15.6. The molecule has 0 aliphatic carbocycles. The van der Waals surface area contributed by atoms with E-state index in [-0.39, 0.29) is 6.04 Å². The Morgan fingerprint density at radius 1 is 0.794 bits per heavy atom. The number of hydrazone groups is 1. The van der Waals surface area contributed by atoms with Gasteiger partial charge in [0.25, 0.3) is 0 Å². The highest BCUT2D eigenvalue weighted by Gasteiger charge is 2.34. The average molecular weight is 485 g/mol. The van der Waals surface area contributed by atoms with Gasteiger partial charge in [-0.15, -0.1) is 0 Å². The van der Waals surface area contributed by atoms with Gasteiger partial charge in [-0.25, -0.2) is 15.0 Å². The van der Waals surface area contributed by atoms with E-state index in [1.807, 2.05) is 89.9 Å². The molecule has 0 amide bonds. The number of rotatable bonds is 4. The summed E-state index contributed by atoms with van der Waals surface area (Å²) in [6.45, 7) is 0. The van der Waals surface area contributed by atoms with Crippen LogP contribution >= 0.6 is 23.2 Å². The van der Waals surface area contributed by atoms with E-state index in [0.29, 0.717) is 22.4 Å². The third-order valence-corrected chi connectivity index (χ3v) is 6.34. The number of nitrogens with zero attached hydrogens (tertiary/aromatic N) is 4. The molecule has 3 aromatic carbocycles. The summed E-state index contributed by atoms with van der Waals surface area (Å²) in [7, 11) is 0. The van der Waals surface area contributed by atoms with Crippen LogP contribution in [0.3, 0.4) is 0 Å². The van der Waals surface area contributed by atoms with Crippen molar-refractivity contribution < 1.29 is 4.42 Å². The van der Waals surface area contributed by atoms with Gasteiger partial charge in [-0.3, -0.25) is 0 Å². The Labute approximate surface area is 206 Å². The third-order valence-electron chi connectivity index (χ3n) is 5.86. The van der Waals surface area contributed by atoms with E-state index in [1.165, 1.54) is 0 Å². The Morgan fingerprint density at radius 3 is 2.35 bits per heavy atom. The smallest absolute Gasteiger partial charge is 0.248 e. The monoisotopic (exact) mass is 484 g/mol. The Balaban J connectivity index is 1.53. The molecular formula is C27H18Cl2N4O. The Hall–Kier alpha value is -3.67. The third kappa shape index (κ3) is 3.83. The largest absolute Gasteiger partial charge is 0.467 e. The number of benzene rings is 3. The van der Waals surface area contributed by atoms with Crippen LogP contribution in [0.1, 0.15) is 23.8 Å². The minimum absolute atomic E-state index is 0.172. The molecule has 1 atom stereocenters. The van der Waals surface area contributed by atoms with Gasteiger partial charge in [-0.05, 0) is 48.0 Å². The van der Waals surface area contributed by atoms with Gasteiger partial charge in [-0.1, -0.05) is 65.7 Å². The summed E-state index contributed by atoms with van der Waals surface area (Å²) in [6, 6.07) is 27.0. The first kappa shape index (κ1) is 20.9. The van der Waals surface area contributed by atoms with Crippen molar-refractivity contribution in [1.82, 2.24) is 9.97 Å². The van der Waals surface area contributed by atoms with Crippen molar-refractivity contribution in [2.24, 2.45) is 5.10 Å². The van der Waals surface area contributed by atoms with E-state index in [1.54, 1.807) is 6.26 Å². The second-order valence-electron chi connectivity index (χ2n) is 8.03. The molecule has 0 saturated carbocycles. The van der Waals surface area contributed by atoms with Gasteiger partial charge in [0, 0.05) is 27.4 Å². The Morgan fingerprint density at radius 2 is 1.59 bits per heavy atom. The molecule has 34 heavy (non-hydrogen) atoms. The lowest BCUT2D eigenvalue weighted by molar-refractivity contribution is 0.463. The van der Waals surface area contributed by atoms with E-state index < -0.39 is 0 Å². The molecule has 0 spiro atoms. The molecule has 2 aromatic heterocycles. The zero-order valence-corrected chi connectivity index (χ0v) is 19.4. The highest BCUT2D eigenvalue weighted by Crippen LogP contribution is 2.38. The van der Waals surface area contributed by atoms with Crippen LogP contribution in [0, 0.1) is 0 Å². The van der Waals surface area contributed by atoms with Crippen LogP contribution in [-0.4, -0.2) is 15.7 Å². The number of hydrogen-bond donors (Lipinski definition) is 0. The van der Waals surface area contributed by atoms with Gasteiger partial charge < -0.3 is 4.42 Å². The highest BCUT2D eigenvalue weighted by atomic mass is 35.5. The quantitative estimate of drug-likeness (QED) is 0.264. The fourth-order valence-electron chi connectivity index (χ4n) is 4.22. The lowest BCUT2D eigenvalue weighted by atomic mass is 10.0. The molecule has 6 rings (SSSR count). The van der Waals surface area contributed by atoms with E-state index in [2.05, 4.69) is 0 Å². The van der Waals surface area contributed by atoms with Crippen LogP contribution < -0.4 is 5.01 Å². The molecule has 5 nitrogen and oxygen atoms in total. The molecule has 3 heterocycles. The minimum atomic E-state index is -0.172. The lowest BCUT2D eigenvalue weighted by Crippen LogP contribution is -2.20. The van der Waals surface area contributed by atoms with Gasteiger partial charge in [-0.2, -0.15) is 5.10 Å². The zero-order valence-electron chi connectivity index (χ0n) is 17.9. The SMILES string of the molecule is Clc1ccc(C2=NN(c3nc(-c4ccccc4)c4cc(Cl)ccc4n3)[C@@H](c3ccco3)C2)cc1. The molecule has 1 aliphatic rings. The van der Waals surface area contributed by atoms with Crippen LogP contribution in [0.2, 0.25) is 10.0 Å². The van der Waals surface area contributed by atoms with Gasteiger partial charge in [0.2, 0.25) is 5.95 Å². The summed E-state index contributed by atoms with van der Waals surface area (Å²) in [4.78, 5) is 9.86. The van der Waals surface area contributed by atoms with E-state index >= 15 is 0 Å². The number of halogens is 2. The van der Waals surface area contributed by atoms with Crippen molar-refractivity contribution >= 4 is 45.8 Å². The van der Waals surface area contributed by atoms with Crippen molar-refractivity contribution in [3.8, 4) is 11.3 Å². The fraction of sp³-hybridized carbons (Fsp3) is 0.0741. The molecule has 0 bridgehead atoms. The van der Waals surface area contributed by atoms with Crippen molar-refractivity contribution in [3.63, 3.8) is 0 Å². The summed E-state index contributed by atoms with van der Waals surface area (Å²) < 4.78 is 5.78. The number of hydrogen-bond acceptors (Lipinski definition) is 5. The van der Waals surface area contributed by atoms with Gasteiger partial charge in [0.15, 0.2) is 0 Å². The second-order valence-corrected chi connectivity index (χ2v) is 8.91. The maximum Gasteiger partial charge on any atom is 0.248 e. The predicted molar refractivity (Wildman–Crippen MR) is 137 cm³/mol.